The Bertz CT molecular complexity index is 770. The number of rotatable bonds is 6. The second-order valence-electron chi connectivity index (χ2n) is 5.98. The fourth-order valence-electron chi connectivity index (χ4n) is 2.83. The molecule has 138 valence electrons. The minimum absolute atomic E-state index is 0.0663. The first-order valence-corrected chi connectivity index (χ1v) is 8.43. The minimum Gasteiger partial charge on any atom is -0.503 e. The van der Waals surface area contributed by atoms with E-state index in [1.807, 2.05) is 24.3 Å². The summed E-state index contributed by atoms with van der Waals surface area (Å²) in [6, 6.07) is 8.97. The lowest BCUT2D eigenvalue weighted by Crippen LogP contribution is -2.24. The molecule has 0 spiro atoms. The van der Waals surface area contributed by atoms with Crippen molar-refractivity contribution in [2.75, 3.05) is 20.8 Å². The van der Waals surface area contributed by atoms with E-state index in [2.05, 4.69) is 10.3 Å². The molecule has 1 unspecified atom stereocenters. The Hall–Kier alpha value is -2.80. The monoisotopic (exact) mass is 358 g/mol. The molecule has 2 heterocycles. The molecular formula is C19H22N2O5. The highest BCUT2D eigenvalue weighted by atomic mass is 16.5. The lowest BCUT2D eigenvalue weighted by atomic mass is 10.1. The number of amides is 1. The summed E-state index contributed by atoms with van der Waals surface area (Å²) in [5.41, 5.74) is 1.43. The Kier molecular flexibility index (Phi) is 5.58. The van der Waals surface area contributed by atoms with E-state index in [4.69, 9.17) is 14.2 Å². The average molecular weight is 358 g/mol. The third kappa shape index (κ3) is 3.88. The number of aromatic nitrogens is 1. The van der Waals surface area contributed by atoms with Gasteiger partial charge in [-0.15, -0.1) is 0 Å². The first-order chi connectivity index (χ1) is 12.6. The molecule has 1 aliphatic heterocycles. The molecule has 1 fully saturated rings. The number of pyridine rings is 1. The van der Waals surface area contributed by atoms with Gasteiger partial charge in [0, 0.05) is 19.2 Å². The second kappa shape index (κ2) is 8.05. The molecule has 1 amide bonds. The van der Waals surface area contributed by atoms with Crippen LogP contribution in [0.15, 0.2) is 30.3 Å². The molecule has 2 aromatic rings. The predicted molar refractivity (Wildman–Crippen MR) is 94.5 cm³/mol. The van der Waals surface area contributed by atoms with Crippen LogP contribution in [-0.2, 0) is 11.3 Å². The molecule has 1 aliphatic rings. The van der Waals surface area contributed by atoms with E-state index < -0.39 is 5.91 Å². The molecule has 0 saturated carbocycles. The van der Waals surface area contributed by atoms with Gasteiger partial charge in [0.25, 0.3) is 5.91 Å². The summed E-state index contributed by atoms with van der Waals surface area (Å²) in [4.78, 5) is 16.9. The molecule has 1 atom stereocenters. The van der Waals surface area contributed by atoms with Crippen LogP contribution in [0, 0.1) is 0 Å². The number of ether oxygens (including phenoxy) is 3. The third-order valence-corrected chi connectivity index (χ3v) is 4.28. The first kappa shape index (κ1) is 18.0. The number of nitrogens with one attached hydrogen (secondary N) is 1. The van der Waals surface area contributed by atoms with Crippen molar-refractivity contribution < 1.29 is 24.1 Å². The molecule has 1 aromatic heterocycles. The van der Waals surface area contributed by atoms with Crippen molar-refractivity contribution in [3.05, 3.63) is 47.3 Å². The quantitative estimate of drug-likeness (QED) is 0.825. The van der Waals surface area contributed by atoms with Crippen LogP contribution in [0.25, 0.3) is 0 Å². The van der Waals surface area contributed by atoms with Gasteiger partial charge in [-0.25, -0.2) is 4.98 Å². The fraction of sp³-hybridized carbons (Fsp3) is 0.368. The summed E-state index contributed by atoms with van der Waals surface area (Å²) in [6.45, 7) is 0.963. The maximum atomic E-state index is 12.5. The molecule has 1 saturated heterocycles. The number of hydrogen-bond acceptors (Lipinski definition) is 6. The van der Waals surface area contributed by atoms with Crippen molar-refractivity contribution in [1.82, 2.24) is 10.3 Å². The Morgan fingerprint density at radius 3 is 2.69 bits per heavy atom. The van der Waals surface area contributed by atoms with Crippen LogP contribution in [0.4, 0.5) is 0 Å². The van der Waals surface area contributed by atoms with Crippen molar-refractivity contribution in [2.24, 2.45) is 0 Å². The SMILES string of the molecule is COc1ccc(CNC(=O)c2nc(C3CCCO3)cc(OC)c2O)cc1. The van der Waals surface area contributed by atoms with E-state index in [0.717, 1.165) is 24.2 Å². The largest absolute Gasteiger partial charge is 0.503 e. The van der Waals surface area contributed by atoms with Crippen molar-refractivity contribution >= 4 is 5.91 Å². The number of carbonyl (C=O) groups is 1. The summed E-state index contributed by atoms with van der Waals surface area (Å²) in [7, 11) is 3.03. The number of hydrogen-bond donors (Lipinski definition) is 2. The van der Waals surface area contributed by atoms with Gasteiger partial charge in [0.05, 0.1) is 26.0 Å². The van der Waals surface area contributed by atoms with Crippen LogP contribution in [-0.4, -0.2) is 36.8 Å². The Morgan fingerprint density at radius 2 is 2.08 bits per heavy atom. The van der Waals surface area contributed by atoms with Gasteiger partial charge >= 0.3 is 0 Å². The normalized spacial score (nSPS) is 16.3. The number of aromatic hydroxyl groups is 1. The van der Waals surface area contributed by atoms with Gasteiger partial charge in [-0.2, -0.15) is 0 Å². The summed E-state index contributed by atoms with van der Waals surface area (Å²) in [5, 5.41) is 13.1. The van der Waals surface area contributed by atoms with E-state index in [9.17, 15) is 9.90 Å². The van der Waals surface area contributed by atoms with Crippen LogP contribution in [0.3, 0.4) is 0 Å². The fourth-order valence-corrected chi connectivity index (χ4v) is 2.83. The van der Waals surface area contributed by atoms with Gasteiger partial charge in [-0.05, 0) is 30.5 Å². The summed E-state index contributed by atoms with van der Waals surface area (Å²) >= 11 is 0. The highest BCUT2D eigenvalue weighted by Crippen LogP contribution is 2.35. The minimum atomic E-state index is -0.475. The molecule has 1 aromatic carbocycles. The van der Waals surface area contributed by atoms with E-state index in [-0.39, 0.29) is 23.3 Å². The van der Waals surface area contributed by atoms with Crippen LogP contribution < -0.4 is 14.8 Å². The first-order valence-electron chi connectivity index (χ1n) is 8.43. The zero-order valence-electron chi connectivity index (χ0n) is 14.8. The third-order valence-electron chi connectivity index (χ3n) is 4.28. The smallest absolute Gasteiger partial charge is 0.274 e. The Morgan fingerprint density at radius 1 is 1.31 bits per heavy atom. The Balaban J connectivity index is 1.77. The van der Waals surface area contributed by atoms with Gasteiger partial charge in [0.1, 0.15) is 5.75 Å². The highest BCUT2D eigenvalue weighted by Gasteiger charge is 2.25. The molecule has 0 radical (unpaired) electrons. The molecule has 7 nitrogen and oxygen atoms in total. The van der Waals surface area contributed by atoms with E-state index >= 15 is 0 Å². The number of nitrogens with zero attached hydrogens (tertiary/aromatic N) is 1. The molecular weight excluding hydrogens is 336 g/mol. The van der Waals surface area contributed by atoms with Crippen LogP contribution in [0.1, 0.15) is 40.7 Å². The lowest BCUT2D eigenvalue weighted by Gasteiger charge is -2.14. The van der Waals surface area contributed by atoms with Crippen molar-refractivity contribution in [1.29, 1.82) is 0 Å². The molecule has 3 rings (SSSR count). The van der Waals surface area contributed by atoms with Gasteiger partial charge in [-0.3, -0.25) is 4.79 Å². The maximum absolute atomic E-state index is 12.5. The van der Waals surface area contributed by atoms with E-state index in [0.29, 0.717) is 18.8 Å². The van der Waals surface area contributed by atoms with Gasteiger partial charge in [-0.1, -0.05) is 12.1 Å². The summed E-state index contributed by atoms with van der Waals surface area (Å²) < 4.78 is 15.9. The van der Waals surface area contributed by atoms with Gasteiger partial charge in [0.2, 0.25) is 0 Å². The number of benzene rings is 1. The van der Waals surface area contributed by atoms with Crippen molar-refractivity contribution in [3.63, 3.8) is 0 Å². The van der Waals surface area contributed by atoms with Crippen LogP contribution in [0.5, 0.6) is 17.2 Å². The molecule has 2 N–H and O–H groups in total. The van der Waals surface area contributed by atoms with Crippen LogP contribution >= 0.6 is 0 Å². The van der Waals surface area contributed by atoms with E-state index in [1.165, 1.54) is 7.11 Å². The van der Waals surface area contributed by atoms with Gasteiger partial charge < -0.3 is 24.6 Å². The standard InChI is InChI=1S/C19H22N2O5/c1-24-13-7-5-12(6-8-13)11-20-19(23)17-18(22)16(25-2)10-14(21-17)15-4-3-9-26-15/h5-8,10,15,22H,3-4,9,11H2,1-2H3,(H,20,23). The lowest BCUT2D eigenvalue weighted by molar-refractivity contribution is 0.0935. The topological polar surface area (TPSA) is 89.9 Å². The molecule has 0 aliphatic carbocycles. The molecule has 26 heavy (non-hydrogen) atoms. The van der Waals surface area contributed by atoms with E-state index in [1.54, 1.807) is 13.2 Å². The van der Waals surface area contributed by atoms with Gasteiger partial charge in [0.15, 0.2) is 17.2 Å². The van der Waals surface area contributed by atoms with Crippen LogP contribution in [0.2, 0.25) is 0 Å². The number of carbonyl (C=O) groups excluding carboxylic acids is 1. The molecule has 7 heteroatoms. The zero-order valence-corrected chi connectivity index (χ0v) is 14.8. The number of methoxy groups -OCH3 is 2. The molecule has 0 bridgehead atoms. The maximum Gasteiger partial charge on any atom is 0.274 e. The van der Waals surface area contributed by atoms with Crippen molar-refractivity contribution in [2.45, 2.75) is 25.5 Å². The predicted octanol–water partition coefficient (Wildman–Crippen LogP) is 2.59. The summed E-state index contributed by atoms with van der Waals surface area (Å²) in [6.07, 6.45) is 1.58. The van der Waals surface area contributed by atoms with Crippen molar-refractivity contribution in [3.8, 4) is 17.2 Å². The highest BCUT2D eigenvalue weighted by molar-refractivity contribution is 5.95. The summed E-state index contributed by atoms with van der Waals surface area (Å²) in [5.74, 6) is 0.200. The second-order valence-corrected chi connectivity index (χ2v) is 5.98. The average Bonchev–Trinajstić information content (AvgIpc) is 3.21. The zero-order chi connectivity index (χ0) is 18.5. The Labute approximate surface area is 151 Å².